The van der Waals surface area contributed by atoms with Gasteiger partial charge in [-0.2, -0.15) is 0 Å². The van der Waals surface area contributed by atoms with Crippen molar-refractivity contribution >= 4 is 16.1 Å². The van der Waals surface area contributed by atoms with Gasteiger partial charge in [0.1, 0.15) is 0 Å². The SMILES string of the molecule is CC(C)N(CCNS(=O)(=O)C=Cc1ccccc1)C(C)C. The van der Waals surface area contributed by atoms with E-state index in [1.165, 1.54) is 5.41 Å². The average molecular weight is 310 g/mol. The fourth-order valence-electron chi connectivity index (χ4n) is 2.21. The molecule has 0 aliphatic carbocycles. The molecule has 0 saturated carbocycles. The van der Waals surface area contributed by atoms with Gasteiger partial charge in [-0.25, -0.2) is 13.1 Å². The zero-order valence-corrected chi connectivity index (χ0v) is 14.1. The maximum Gasteiger partial charge on any atom is 0.233 e. The number of hydrogen-bond donors (Lipinski definition) is 1. The van der Waals surface area contributed by atoms with Gasteiger partial charge in [0.05, 0.1) is 0 Å². The van der Waals surface area contributed by atoms with Crippen LogP contribution in [0.2, 0.25) is 0 Å². The van der Waals surface area contributed by atoms with Crippen molar-refractivity contribution in [3.05, 3.63) is 41.3 Å². The highest BCUT2D eigenvalue weighted by atomic mass is 32.2. The molecule has 0 amide bonds. The Bertz CT molecular complexity index is 529. The Labute approximate surface area is 128 Å². The fourth-order valence-corrected chi connectivity index (χ4v) is 3.02. The summed E-state index contributed by atoms with van der Waals surface area (Å²) in [6.45, 7) is 9.58. The monoisotopic (exact) mass is 310 g/mol. The summed E-state index contributed by atoms with van der Waals surface area (Å²) in [6.07, 6.45) is 1.60. The van der Waals surface area contributed by atoms with Crippen LogP contribution in [-0.2, 0) is 10.0 Å². The second-order valence-corrected chi connectivity index (χ2v) is 7.23. The topological polar surface area (TPSA) is 49.4 Å². The Morgan fingerprint density at radius 2 is 1.67 bits per heavy atom. The predicted octanol–water partition coefficient (Wildman–Crippen LogP) is 2.70. The van der Waals surface area contributed by atoms with E-state index in [2.05, 4.69) is 37.3 Å². The molecule has 0 unspecified atom stereocenters. The van der Waals surface area contributed by atoms with E-state index >= 15 is 0 Å². The molecule has 1 N–H and O–H groups in total. The van der Waals surface area contributed by atoms with Crippen LogP contribution in [0, 0.1) is 0 Å². The minimum absolute atomic E-state index is 0.398. The smallest absolute Gasteiger partial charge is 0.233 e. The van der Waals surface area contributed by atoms with Gasteiger partial charge in [-0.3, -0.25) is 4.90 Å². The van der Waals surface area contributed by atoms with Crippen molar-refractivity contribution < 1.29 is 8.42 Å². The number of benzene rings is 1. The van der Waals surface area contributed by atoms with Crippen molar-refractivity contribution in [3.63, 3.8) is 0 Å². The summed E-state index contributed by atoms with van der Waals surface area (Å²) in [5.74, 6) is 0. The van der Waals surface area contributed by atoms with Crippen LogP contribution in [0.5, 0.6) is 0 Å². The first kappa shape index (κ1) is 17.9. The molecule has 118 valence electrons. The van der Waals surface area contributed by atoms with Gasteiger partial charge >= 0.3 is 0 Å². The van der Waals surface area contributed by atoms with E-state index in [1.54, 1.807) is 6.08 Å². The van der Waals surface area contributed by atoms with Crippen molar-refractivity contribution in [1.82, 2.24) is 9.62 Å². The molecule has 0 bridgehead atoms. The first-order chi connectivity index (χ1) is 9.82. The lowest BCUT2D eigenvalue weighted by atomic mass is 10.2. The zero-order valence-electron chi connectivity index (χ0n) is 13.3. The zero-order chi connectivity index (χ0) is 15.9. The minimum Gasteiger partial charge on any atom is -0.297 e. The molecule has 0 spiro atoms. The molecule has 0 heterocycles. The van der Waals surface area contributed by atoms with Crippen molar-refractivity contribution in [2.75, 3.05) is 13.1 Å². The quantitative estimate of drug-likeness (QED) is 0.803. The van der Waals surface area contributed by atoms with E-state index in [4.69, 9.17) is 0 Å². The van der Waals surface area contributed by atoms with Crippen LogP contribution < -0.4 is 4.72 Å². The summed E-state index contributed by atoms with van der Waals surface area (Å²) < 4.78 is 26.4. The van der Waals surface area contributed by atoms with E-state index < -0.39 is 10.0 Å². The van der Waals surface area contributed by atoms with Crippen LogP contribution in [-0.4, -0.2) is 38.5 Å². The summed E-state index contributed by atoms with van der Waals surface area (Å²) in [7, 11) is -3.38. The third-order valence-electron chi connectivity index (χ3n) is 3.24. The maximum absolute atomic E-state index is 11.9. The van der Waals surface area contributed by atoms with Gasteiger partial charge in [-0.15, -0.1) is 0 Å². The van der Waals surface area contributed by atoms with Gasteiger partial charge in [0, 0.05) is 30.6 Å². The molecule has 1 aromatic rings. The third kappa shape index (κ3) is 6.89. The number of sulfonamides is 1. The first-order valence-electron chi connectivity index (χ1n) is 7.30. The van der Waals surface area contributed by atoms with Gasteiger partial charge in [0.15, 0.2) is 0 Å². The summed E-state index contributed by atoms with van der Waals surface area (Å²) in [5.41, 5.74) is 0.869. The van der Waals surface area contributed by atoms with Crippen LogP contribution in [0.25, 0.3) is 6.08 Å². The highest BCUT2D eigenvalue weighted by molar-refractivity contribution is 7.92. The molecular weight excluding hydrogens is 284 g/mol. The van der Waals surface area contributed by atoms with E-state index in [9.17, 15) is 8.42 Å². The number of hydrogen-bond acceptors (Lipinski definition) is 3. The molecule has 0 radical (unpaired) electrons. The molecular formula is C16H26N2O2S. The molecule has 1 rings (SSSR count). The Morgan fingerprint density at radius 3 is 2.19 bits per heavy atom. The number of nitrogens with zero attached hydrogens (tertiary/aromatic N) is 1. The van der Waals surface area contributed by atoms with Crippen molar-refractivity contribution in [2.24, 2.45) is 0 Å². The molecule has 5 heteroatoms. The van der Waals surface area contributed by atoms with Gasteiger partial charge in [-0.05, 0) is 39.3 Å². The minimum atomic E-state index is -3.38. The fraction of sp³-hybridized carbons (Fsp3) is 0.500. The van der Waals surface area contributed by atoms with Crippen LogP contribution in [0.1, 0.15) is 33.3 Å². The lowest BCUT2D eigenvalue weighted by molar-refractivity contribution is 0.179. The molecule has 0 saturated heterocycles. The average Bonchev–Trinajstić information content (AvgIpc) is 2.42. The molecule has 0 aliphatic rings. The largest absolute Gasteiger partial charge is 0.297 e. The normalized spacial score (nSPS) is 12.9. The molecule has 0 aromatic heterocycles. The van der Waals surface area contributed by atoms with Crippen molar-refractivity contribution in [1.29, 1.82) is 0 Å². The van der Waals surface area contributed by atoms with Crippen LogP contribution in [0.15, 0.2) is 35.7 Å². The van der Waals surface area contributed by atoms with Gasteiger partial charge < -0.3 is 0 Å². The first-order valence-corrected chi connectivity index (χ1v) is 8.85. The summed E-state index contributed by atoms with van der Waals surface area (Å²) in [6, 6.07) is 10.2. The predicted molar refractivity (Wildman–Crippen MR) is 89.4 cm³/mol. The Morgan fingerprint density at radius 1 is 1.10 bits per heavy atom. The summed E-state index contributed by atoms with van der Waals surface area (Å²) in [5, 5.41) is 1.22. The highest BCUT2D eigenvalue weighted by Crippen LogP contribution is 2.05. The number of rotatable bonds is 8. The third-order valence-corrected chi connectivity index (χ3v) is 4.34. The van der Waals surface area contributed by atoms with E-state index in [-0.39, 0.29) is 0 Å². The second-order valence-electron chi connectivity index (χ2n) is 5.58. The second kappa shape index (κ2) is 8.32. The Balaban J connectivity index is 2.52. The Hall–Kier alpha value is -1.17. The summed E-state index contributed by atoms with van der Waals surface area (Å²) >= 11 is 0. The maximum atomic E-state index is 11.9. The van der Waals surface area contributed by atoms with Crippen molar-refractivity contribution in [2.45, 2.75) is 39.8 Å². The molecule has 0 atom stereocenters. The molecule has 4 nitrogen and oxygen atoms in total. The van der Waals surface area contributed by atoms with Crippen LogP contribution >= 0.6 is 0 Å². The molecule has 0 fully saturated rings. The molecule has 0 aliphatic heterocycles. The van der Waals surface area contributed by atoms with Gasteiger partial charge in [0.25, 0.3) is 0 Å². The van der Waals surface area contributed by atoms with Gasteiger partial charge in [0.2, 0.25) is 10.0 Å². The highest BCUT2D eigenvalue weighted by Gasteiger charge is 2.13. The summed E-state index contributed by atoms with van der Waals surface area (Å²) in [4.78, 5) is 2.25. The van der Waals surface area contributed by atoms with Crippen molar-refractivity contribution in [3.8, 4) is 0 Å². The number of nitrogens with one attached hydrogen (secondary N) is 1. The van der Waals surface area contributed by atoms with E-state index in [0.29, 0.717) is 25.2 Å². The standard InChI is InChI=1S/C16H26N2O2S/c1-14(2)18(15(3)4)12-11-17-21(19,20)13-10-16-8-6-5-7-9-16/h5-10,13-15,17H,11-12H2,1-4H3. The molecule has 1 aromatic carbocycles. The lowest BCUT2D eigenvalue weighted by Crippen LogP contribution is -2.42. The molecule has 21 heavy (non-hydrogen) atoms. The van der Waals surface area contributed by atoms with E-state index in [0.717, 1.165) is 5.56 Å². The van der Waals surface area contributed by atoms with Crippen LogP contribution in [0.3, 0.4) is 0 Å². The lowest BCUT2D eigenvalue weighted by Gasteiger charge is -2.30. The van der Waals surface area contributed by atoms with Gasteiger partial charge in [-0.1, -0.05) is 30.3 Å². The van der Waals surface area contributed by atoms with Crippen LogP contribution in [0.4, 0.5) is 0 Å². The Kier molecular flexibility index (Phi) is 7.08. The van der Waals surface area contributed by atoms with E-state index in [1.807, 2.05) is 30.3 Å².